The molecule has 2 saturated carbocycles. The Morgan fingerprint density at radius 3 is 2.17 bits per heavy atom. The lowest BCUT2D eigenvalue weighted by Crippen LogP contribution is -2.39. The van der Waals surface area contributed by atoms with Crippen LogP contribution in [0, 0.1) is 11.3 Å². The van der Waals surface area contributed by atoms with Gasteiger partial charge in [-0.25, -0.2) is 8.78 Å². The van der Waals surface area contributed by atoms with E-state index in [4.69, 9.17) is 0 Å². The number of hydrogen-bond donors (Lipinski definition) is 1. The van der Waals surface area contributed by atoms with Crippen LogP contribution in [0.3, 0.4) is 0 Å². The summed E-state index contributed by atoms with van der Waals surface area (Å²) in [7, 11) is 0. The molecule has 0 unspecified atom stereocenters. The summed E-state index contributed by atoms with van der Waals surface area (Å²) in [6.07, 6.45) is 6.10. The van der Waals surface area contributed by atoms with Crippen molar-refractivity contribution in [1.82, 2.24) is 0 Å². The lowest BCUT2D eigenvalue weighted by Gasteiger charge is -2.37. The number of rotatable bonds is 4. The van der Waals surface area contributed by atoms with Gasteiger partial charge in [0.1, 0.15) is 0 Å². The summed E-state index contributed by atoms with van der Waals surface area (Å²) in [6, 6.07) is 0. The molecule has 0 aromatic carbocycles. The van der Waals surface area contributed by atoms with E-state index in [0.717, 1.165) is 6.42 Å². The van der Waals surface area contributed by atoms with Crippen LogP contribution in [0.15, 0.2) is 0 Å². The van der Waals surface area contributed by atoms with Crippen LogP contribution in [0.25, 0.3) is 0 Å². The maximum atomic E-state index is 13.2. The van der Waals surface area contributed by atoms with Crippen molar-refractivity contribution in [3.05, 3.63) is 0 Å². The van der Waals surface area contributed by atoms with E-state index in [1.165, 1.54) is 25.7 Å². The SMILES string of the molecule is O=C(O)C1(CCC2CCCC2)CCC(F)(F)CC1. The molecule has 0 aliphatic heterocycles. The molecule has 0 radical (unpaired) electrons. The van der Waals surface area contributed by atoms with Crippen LogP contribution >= 0.6 is 0 Å². The van der Waals surface area contributed by atoms with Crippen molar-refractivity contribution in [3.8, 4) is 0 Å². The number of carboxylic acid groups (broad SMARTS) is 1. The van der Waals surface area contributed by atoms with E-state index in [9.17, 15) is 18.7 Å². The van der Waals surface area contributed by atoms with Crippen LogP contribution in [-0.2, 0) is 4.79 Å². The van der Waals surface area contributed by atoms with E-state index >= 15 is 0 Å². The van der Waals surface area contributed by atoms with E-state index < -0.39 is 17.3 Å². The monoisotopic (exact) mass is 260 g/mol. The first-order valence-electron chi connectivity index (χ1n) is 7.05. The molecule has 2 rings (SSSR count). The average molecular weight is 260 g/mol. The molecule has 0 amide bonds. The predicted molar refractivity (Wildman–Crippen MR) is 64.7 cm³/mol. The fourth-order valence-corrected chi connectivity index (χ4v) is 3.44. The third-order valence-electron chi connectivity index (χ3n) is 4.90. The van der Waals surface area contributed by atoms with Gasteiger partial charge in [-0.15, -0.1) is 0 Å². The zero-order valence-corrected chi connectivity index (χ0v) is 10.8. The Labute approximate surface area is 107 Å². The van der Waals surface area contributed by atoms with E-state index in [1.807, 2.05) is 0 Å². The molecule has 1 N–H and O–H groups in total. The molecule has 0 bridgehead atoms. The molecular weight excluding hydrogens is 238 g/mol. The smallest absolute Gasteiger partial charge is 0.309 e. The molecule has 2 fully saturated rings. The van der Waals surface area contributed by atoms with Crippen molar-refractivity contribution < 1.29 is 18.7 Å². The van der Waals surface area contributed by atoms with Crippen molar-refractivity contribution in [2.24, 2.45) is 11.3 Å². The molecule has 2 aliphatic carbocycles. The summed E-state index contributed by atoms with van der Waals surface area (Å²) < 4.78 is 26.3. The van der Waals surface area contributed by atoms with Gasteiger partial charge in [-0.1, -0.05) is 25.7 Å². The Morgan fingerprint density at radius 2 is 1.67 bits per heavy atom. The second kappa shape index (κ2) is 5.14. The topological polar surface area (TPSA) is 37.3 Å². The molecule has 2 nitrogen and oxygen atoms in total. The quantitative estimate of drug-likeness (QED) is 0.821. The van der Waals surface area contributed by atoms with Crippen molar-refractivity contribution in [3.63, 3.8) is 0 Å². The van der Waals surface area contributed by atoms with Gasteiger partial charge in [-0.3, -0.25) is 4.79 Å². The zero-order valence-electron chi connectivity index (χ0n) is 10.8. The maximum absolute atomic E-state index is 13.2. The molecule has 104 valence electrons. The highest BCUT2D eigenvalue weighted by atomic mass is 19.3. The van der Waals surface area contributed by atoms with Gasteiger partial charge in [-0.05, 0) is 31.6 Å². The highest BCUT2D eigenvalue weighted by Gasteiger charge is 2.47. The average Bonchev–Trinajstić information content (AvgIpc) is 2.81. The van der Waals surface area contributed by atoms with Gasteiger partial charge in [0.05, 0.1) is 5.41 Å². The number of hydrogen-bond acceptors (Lipinski definition) is 1. The lowest BCUT2D eigenvalue weighted by atomic mass is 9.69. The van der Waals surface area contributed by atoms with Gasteiger partial charge in [0.15, 0.2) is 0 Å². The number of carbonyl (C=O) groups is 1. The van der Waals surface area contributed by atoms with Gasteiger partial charge in [0.2, 0.25) is 5.92 Å². The van der Waals surface area contributed by atoms with Gasteiger partial charge in [0.25, 0.3) is 0 Å². The lowest BCUT2D eigenvalue weighted by molar-refractivity contribution is -0.157. The Bertz CT molecular complexity index is 299. The molecule has 0 spiro atoms. The van der Waals surface area contributed by atoms with Gasteiger partial charge < -0.3 is 5.11 Å². The number of carboxylic acids is 1. The minimum Gasteiger partial charge on any atom is -0.481 e. The fraction of sp³-hybridized carbons (Fsp3) is 0.929. The Balaban J connectivity index is 1.93. The Morgan fingerprint density at radius 1 is 1.11 bits per heavy atom. The normalized spacial score (nSPS) is 27.2. The van der Waals surface area contributed by atoms with Crippen LogP contribution in [-0.4, -0.2) is 17.0 Å². The first-order valence-corrected chi connectivity index (χ1v) is 7.05. The molecule has 0 aromatic rings. The summed E-state index contributed by atoms with van der Waals surface area (Å²) >= 11 is 0. The van der Waals surface area contributed by atoms with Crippen LogP contribution in [0.2, 0.25) is 0 Å². The third-order valence-corrected chi connectivity index (χ3v) is 4.90. The standard InChI is InChI=1S/C14H22F2O2/c15-14(16)9-7-13(8-10-14,12(17)18)6-5-11-3-1-2-4-11/h11H,1-10H2,(H,17,18). The molecular formula is C14H22F2O2. The number of alkyl halides is 2. The van der Waals surface area contributed by atoms with Gasteiger partial charge in [0, 0.05) is 12.8 Å². The maximum Gasteiger partial charge on any atom is 0.309 e. The minimum absolute atomic E-state index is 0.141. The van der Waals surface area contributed by atoms with E-state index in [1.54, 1.807) is 0 Å². The molecule has 0 atom stereocenters. The Kier molecular flexibility index (Phi) is 3.93. The summed E-state index contributed by atoms with van der Waals surface area (Å²) in [5, 5.41) is 9.39. The predicted octanol–water partition coefficient (Wildman–Crippen LogP) is 4.24. The molecule has 0 aromatic heterocycles. The summed E-state index contributed by atoms with van der Waals surface area (Å²) in [6.45, 7) is 0. The third kappa shape index (κ3) is 3.01. The zero-order chi connectivity index (χ0) is 13.2. The fourth-order valence-electron chi connectivity index (χ4n) is 3.44. The van der Waals surface area contributed by atoms with Gasteiger partial charge >= 0.3 is 5.97 Å². The van der Waals surface area contributed by atoms with Crippen LogP contribution in [0.5, 0.6) is 0 Å². The van der Waals surface area contributed by atoms with Crippen molar-refractivity contribution in [2.75, 3.05) is 0 Å². The van der Waals surface area contributed by atoms with Crippen molar-refractivity contribution in [2.45, 2.75) is 70.1 Å². The van der Waals surface area contributed by atoms with Crippen LogP contribution in [0.4, 0.5) is 8.78 Å². The van der Waals surface area contributed by atoms with Crippen molar-refractivity contribution in [1.29, 1.82) is 0 Å². The first-order chi connectivity index (χ1) is 8.44. The van der Waals surface area contributed by atoms with E-state index in [0.29, 0.717) is 12.3 Å². The van der Waals surface area contributed by atoms with Crippen LogP contribution < -0.4 is 0 Å². The molecule has 2 aliphatic rings. The number of halogens is 2. The second-order valence-electron chi connectivity index (χ2n) is 6.13. The van der Waals surface area contributed by atoms with Crippen molar-refractivity contribution >= 4 is 5.97 Å². The van der Waals surface area contributed by atoms with Gasteiger partial charge in [-0.2, -0.15) is 0 Å². The largest absolute Gasteiger partial charge is 0.481 e. The highest BCUT2D eigenvalue weighted by molar-refractivity contribution is 5.74. The second-order valence-corrected chi connectivity index (χ2v) is 6.13. The first kappa shape index (κ1) is 13.8. The summed E-state index contributed by atoms with van der Waals surface area (Å²) in [4.78, 5) is 11.4. The summed E-state index contributed by atoms with van der Waals surface area (Å²) in [5.41, 5.74) is -0.871. The van der Waals surface area contributed by atoms with E-state index in [2.05, 4.69) is 0 Å². The molecule has 0 heterocycles. The van der Waals surface area contributed by atoms with Crippen LogP contribution in [0.1, 0.15) is 64.2 Å². The minimum atomic E-state index is -2.65. The number of aliphatic carboxylic acids is 1. The van der Waals surface area contributed by atoms with E-state index in [-0.39, 0.29) is 25.7 Å². The highest BCUT2D eigenvalue weighted by Crippen LogP contribution is 2.47. The Hall–Kier alpha value is -0.670. The molecule has 18 heavy (non-hydrogen) atoms. The molecule has 0 saturated heterocycles. The summed E-state index contributed by atoms with van der Waals surface area (Å²) in [5.74, 6) is -2.88. The molecule has 4 heteroatoms.